The molecule has 0 unspecified atom stereocenters. The van der Waals surface area contributed by atoms with Crippen molar-refractivity contribution in [2.75, 3.05) is 0 Å². The fraction of sp³-hybridized carbons (Fsp3) is 0.222. The topological polar surface area (TPSA) is 12.9 Å². The third kappa shape index (κ3) is 2.65. The number of rotatable bonds is 2. The van der Waals surface area contributed by atoms with Crippen molar-refractivity contribution in [3.63, 3.8) is 0 Å². The molecule has 1 aliphatic carbocycles. The summed E-state index contributed by atoms with van der Waals surface area (Å²) in [5, 5.41) is 2.54. The Morgan fingerprint density at radius 1 is 0.821 bits per heavy atom. The van der Waals surface area contributed by atoms with Crippen LogP contribution in [0.3, 0.4) is 0 Å². The van der Waals surface area contributed by atoms with Crippen LogP contribution >= 0.6 is 0 Å². The van der Waals surface area contributed by atoms with Crippen LogP contribution in [0.15, 0.2) is 60.7 Å². The molecule has 1 heteroatoms. The summed E-state index contributed by atoms with van der Waals surface area (Å²) in [7, 11) is 0. The van der Waals surface area contributed by atoms with Gasteiger partial charge in [0.25, 0.3) is 0 Å². The van der Waals surface area contributed by atoms with Gasteiger partial charge in [-0.1, -0.05) is 62.4 Å². The minimum Gasteiger partial charge on any atom is -0.252 e. The largest absolute Gasteiger partial charge is 0.252 e. The molecule has 0 fully saturated rings. The van der Waals surface area contributed by atoms with Crippen molar-refractivity contribution in [2.45, 2.75) is 40.0 Å². The molecule has 0 spiro atoms. The van der Waals surface area contributed by atoms with Gasteiger partial charge in [0.05, 0.1) is 5.69 Å². The first kappa shape index (κ1) is 17.2. The molecule has 0 amide bonds. The van der Waals surface area contributed by atoms with E-state index in [1.54, 1.807) is 0 Å². The predicted molar refractivity (Wildman–Crippen MR) is 119 cm³/mol. The lowest BCUT2D eigenvalue weighted by molar-refractivity contribution is 0.868. The molecule has 3 aromatic carbocycles. The monoisotopic (exact) mass is 363 g/mol. The van der Waals surface area contributed by atoms with E-state index in [0.717, 1.165) is 17.8 Å². The Morgan fingerprint density at radius 3 is 2.43 bits per heavy atom. The van der Waals surface area contributed by atoms with Crippen LogP contribution in [-0.4, -0.2) is 4.98 Å². The van der Waals surface area contributed by atoms with Gasteiger partial charge in [0.15, 0.2) is 0 Å². The highest BCUT2D eigenvalue weighted by atomic mass is 14.7. The fourth-order valence-corrected chi connectivity index (χ4v) is 4.56. The van der Waals surface area contributed by atoms with Gasteiger partial charge in [-0.3, -0.25) is 4.98 Å². The summed E-state index contributed by atoms with van der Waals surface area (Å²) in [6.07, 6.45) is 0.988. The molecule has 0 N–H and O–H groups in total. The Kier molecular flexibility index (Phi) is 3.87. The second-order valence-electron chi connectivity index (χ2n) is 8.42. The van der Waals surface area contributed by atoms with Gasteiger partial charge in [-0.25, -0.2) is 0 Å². The number of pyridine rings is 1. The van der Waals surface area contributed by atoms with Gasteiger partial charge in [-0.15, -0.1) is 0 Å². The van der Waals surface area contributed by atoms with Gasteiger partial charge in [0.1, 0.15) is 0 Å². The van der Waals surface area contributed by atoms with Gasteiger partial charge >= 0.3 is 0 Å². The average Bonchev–Trinajstić information content (AvgIpc) is 3.04. The van der Waals surface area contributed by atoms with Crippen LogP contribution in [0.2, 0.25) is 0 Å². The molecule has 1 nitrogen and oxygen atoms in total. The van der Waals surface area contributed by atoms with Gasteiger partial charge < -0.3 is 0 Å². The van der Waals surface area contributed by atoms with E-state index in [1.807, 2.05) is 0 Å². The van der Waals surface area contributed by atoms with Crippen LogP contribution in [0.1, 0.15) is 47.7 Å². The first-order chi connectivity index (χ1) is 13.5. The third-order valence-electron chi connectivity index (χ3n) is 5.97. The SMILES string of the molecule is Cc1cc2c(c(-c3nc(C)cc4cc(C(C)C)ccc34)c1)Cc1ccccc1-2. The summed E-state index contributed by atoms with van der Waals surface area (Å²) in [4.78, 5) is 5.03. The van der Waals surface area contributed by atoms with Gasteiger partial charge in [-0.05, 0) is 77.1 Å². The standard InChI is InChI=1S/C27H25N/c1-16(2)19-9-10-23-21(14-19)13-18(4)28-27(23)26-12-17(3)11-24-22-8-6-5-7-20(22)15-25(24)26/h5-14,16H,15H2,1-4H3. The highest BCUT2D eigenvalue weighted by molar-refractivity contribution is 5.98. The summed E-state index contributed by atoms with van der Waals surface area (Å²) >= 11 is 0. The van der Waals surface area contributed by atoms with Crippen molar-refractivity contribution in [3.8, 4) is 22.4 Å². The molecule has 1 aromatic heterocycles. The molecule has 0 aliphatic heterocycles. The highest BCUT2D eigenvalue weighted by Gasteiger charge is 2.23. The molecule has 0 bridgehead atoms. The van der Waals surface area contributed by atoms with Crippen LogP contribution in [0.5, 0.6) is 0 Å². The Morgan fingerprint density at radius 2 is 1.61 bits per heavy atom. The fourth-order valence-electron chi connectivity index (χ4n) is 4.56. The lowest BCUT2D eigenvalue weighted by Crippen LogP contribution is -1.96. The molecule has 1 aliphatic rings. The summed E-state index contributed by atoms with van der Waals surface area (Å²) < 4.78 is 0. The van der Waals surface area contributed by atoms with E-state index in [9.17, 15) is 0 Å². The molecule has 0 saturated heterocycles. The first-order valence-electron chi connectivity index (χ1n) is 10.1. The van der Waals surface area contributed by atoms with E-state index in [-0.39, 0.29) is 0 Å². The number of aryl methyl sites for hydroxylation is 2. The zero-order valence-corrected chi connectivity index (χ0v) is 17.0. The number of hydrogen-bond acceptors (Lipinski definition) is 1. The van der Waals surface area contributed by atoms with Crippen molar-refractivity contribution in [2.24, 2.45) is 0 Å². The summed E-state index contributed by atoms with van der Waals surface area (Å²) in [5.74, 6) is 0.527. The van der Waals surface area contributed by atoms with Crippen LogP contribution in [-0.2, 0) is 6.42 Å². The molecule has 0 atom stereocenters. The number of aromatic nitrogens is 1. The van der Waals surface area contributed by atoms with Crippen molar-refractivity contribution in [1.82, 2.24) is 4.98 Å². The minimum atomic E-state index is 0.527. The number of benzene rings is 3. The smallest absolute Gasteiger partial charge is 0.0786 e. The molecular weight excluding hydrogens is 338 g/mol. The maximum absolute atomic E-state index is 5.03. The second-order valence-corrected chi connectivity index (χ2v) is 8.42. The quantitative estimate of drug-likeness (QED) is 0.323. The molecule has 0 saturated carbocycles. The van der Waals surface area contributed by atoms with E-state index in [1.165, 1.54) is 49.7 Å². The maximum atomic E-state index is 5.03. The van der Waals surface area contributed by atoms with Gasteiger partial charge in [0.2, 0.25) is 0 Å². The lowest BCUT2D eigenvalue weighted by Gasteiger charge is -2.15. The number of hydrogen-bond donors (Lipinski definition) is 0. The molecule has 0 radical (unpaired) electrons. The van der Waals surface area contributed by atoms with E-state index in [4.69, 9.17) is 4.98 Å². The molecule has 1 heterocycles. The number of nitrogens with zero attached hydrogens (tertiary/aromatic N) is 1. The lowest BCUT2D eigenvalue weighted by atomic mass is 9.92. The number of fused-ring (bicyclic) bond motifs is 4. The van der Waals surface area contributed by atoms with E-state index in [0.29, 0.717) is 5.92 Å². The molecule has 5 rings (SSSR count). The van der Waals surface area contributed by atoms with E-state index < -0.39 is 0 Å². The summed E-state index contributed by atoms with van der Waals surface area (Å²) in [6.45, 7) is 8.80. The van der Waals surface area contributed by atoms with Crippen LogP contribution < -0.4 is 0 Å². The minimum absolute atomic E-state index is 0.527. The van der Waals surface area contributed by atoms with Crippen molar-refractivity contribution >= 4 is 10.8 Å². The van der Waals surface area contributed by atoms with Crippen molar-refractivity contribution in [1.29, 1.82) is 0 Å². The molecule has 28 heavy (non-hydrogen) atoms. The normalized spacial score (nSPS) is 12.5. The van der Waals surface area contributed by atoms with E-state index >= 15 is 0 Å². The molecular formula is C27H25N. The highest BCUT2D eigenvalue weighted by Crippen LogP contribution is 2.43. The Labute approximate surface area is 167 Å². The molecule has 138 valence electrons. The summed E-state index contributed by atoms with van der Waals surface area (Å²) in [6, 6.07) is 22.5. The zero-order valence-electron chi connectivity index (χ0n) is 17.0. The van der Waals surface area contributed by atoms with Crippen LogP contribution in [0.25, 0.3) is 33.2 Å². The van der Waals surface area contributed by atoms with Crippen molar-refractivity contribution < 1.29 is 0 Å². The Bertz CT molecular complexity index is 1230. The van der Waals surface area contributed by atoms with Crippen LogP contribution in [0.4, 0.5) is 0 Å². The van der Waals surface area contributed by atoms with Gasteiger partial charge in [0, 0.05) is 16.6 Å². The van der Waals surface area contributed by atoms with E-state index in [2.05, 4.69) is 88.4 Å². The molecule has 4 aromatic rings. The Balaban J connectivity index is 1.79. The van der Waals surface area contributed by atoms with Gasteiger partial charge in [-0.2, -0.15) is 0 Å². The summed E-state index contributed by atoms with van der Waals surface area (Å²) in [5.41, 5.74) is 11.8. The predicted octanol–water partition coefficient (Wildman–Crippen LogP) is 7.21. The Hall–Kier alpha value is -2.93. The van der Waals surface area contributed by atoms with Crippen LogP contribution in [0, 0.1) is 13.8 Å². The second kappa shape index (κ2) is 6.31. The average molecular weight is 364 g/mol. The van der Waals surface area contributed by atoms with Crippen molar-refractivity contribution in [3.05, 3.63) is 88.6 Å². The zero-order chi connectivity index (χ0) is 19.4. The third-order valence-corrected chi connectivity index (χ3v) is 5.97. The first-order valence-corrected chi connectivity index (χ1v) is 10.1. The maximum Gasteiger partial charge on any atom is 0.0786 e.